The highest BCUT2D eigenvalue weighted by Crippen LogP contribution is 2.22. The fourth-order valence-corrected chi connectivity index (χ4v) is 2.92. The molecular weight excluding hydrogens is 228 g/mol. The summed E-state index contributed by atoms with van der Waals surface area (Å²) >= 11 is 0. The summed E-state index contributed by atoms with van der Waals surface area (Å²) in [4.78, 5) is 0. The molecule has 0 aliphatic carbocycles. The maximum atomic E-state index is 5.87. The Morgan fingerprint density at radius 3 is 2.89 bits per heavy atom. The molecule has 0 aromatic carbocycles. The summed E-state index contributed by atoms with van der Waals surface area (Å²) in [7, 11) is 0. The molecule has 0 amide bonds. The summed E-state index contributed by atoms with van der Waals surface area (Å²) in [6, 6.07) is 0. The van der Waals surface area contributed by atoms with Gasteiger partial charge in [-0.2, -0.15) is 0 Å². The van der Waals surface area contributed by atoms with Gasteiger partial charge in [0.2, 0.25) is 0 Å². The Morgan fingerprint density at radius 1 is 1.28 bits per heavy atom. The monoisotopic (exact) mass is 256 g/mol. The molecule has 18 heavy (non-hydrogen) atoms. The van der Waals surface area contributed by atoms with Gasteiger partial charge < -0.3 is 20.1 Å². The second-order valence-electron chi connectivity index (χ2n) is 5.39. The quantitative estimate of drug-likeness (QED) is 0.671. The fraction of sp³-hybridized carbons (Fsp3) is 1.00. The Labute approximate surface area is 111 Å². The van der Waals surface area contributed by atoms with Crippen LogP contribution in [0.3, 0.4) is 0 Å². The molecule has 4 heteroatoms. The average molecular weight is 256 g/mol. The summed E-state index contributed by atoms with van der Waals surface area (Å²) in [5.74, 6) is 0.703. The molecule has 0 radical (unpaired) electrons. The highest BCUT2D eigenvalue weighted by molar-refractivity contribution is 4.77. The number of ether oxygens (including phenoxy) is 2. The van der Waals surface area contributed by atoms with E-state index < -0.39 is 0 Å². The number of hydrogen-bond acceptors (Lipinski definition) is 4. The zero-order valence-corrected chi connectivity index (χ0v) is 11.6. The third-order valence-corrected chi connectivity index (χ3v) is 4.07. The second-order valence-corrected chi connectivity index (χ2v) is 5.39. The van der Waals surface area contributed by atoms with E-state index >= 15 is 0 Å². The van der Waals surface area contributed by atoms with Crippen LogP contribution in [0.1, 0.15) is 32.6 Å². The lowest BCUT2D eigenvalue weighted by molar-refractivity contribution is 0.0338. The highest BCUT2D eigenvalue weighted by atomic mass is 16.5. The van der Waals surface area contributed by atoms with E-state index in [1.807, 2.05) is 0 Å². The van der Waals surface area contributed by atoms with Crippen molar-refractivity contribution in [3.8, 4) is 0 Å². The van der Waals surface area contributed by atoms with Gasteiger partial charge in [0.25, 0.3) is 0 Å². The predicted molar refractivity (Wildman–Crippen MR) is 72.9 cm³/mol. The lowest BCUT2D eigenvalue weighted by atomic mass is 10.00. The third-order valence-electron chi connectivity index (χ3n) is 4.07. The Bertz CT molecular complexity index is 220. The summed E-state index contributed by atoms with van der Waals surface area (Å²) in [5, 5.41) is 6.87. The molecule has 2 aliphatic rings. The summed E-state index contributed by atoms with van der Waals surface area (Å²) in [5.41, 5.74) is 0. The van der Waals surface area contributed by atoms with E-state index in [1.54, 1.807) is 0 Å². The van der Waals surface area contributed by atoms with E-state index in [-0.39, 0.29) is 0 Å². The third kappa shape index (κ3) is 4.50. The first-order chi connectivity index (χ1) is 8.90. The van der Waals surface area contributed by atoms with Gasteiger partial charge in [-0.1, -0.05) is 6.92 Å². The van der Waals surface area contributed by atoms with Crippen LogP contribution < -0.4 is 10.6 Å². The molecule has 106 valence electrons. The molecular formula is C14H28N2O2. The smallest absolute Gasteiger partial charge is 0.0613 e. The number of rotatable bonds is 7. The normalized spacial score (nSPS) is 29.8. The lowest BCUT2D eigenvalue weighted by Crippen LogP contribution is -2.35. The van der Waals surface area contributed by atoms with Crippen molar-refractivity contribution in [1.82, 2.24) is 10.6 Å². The molecule has 2 aliphatic heterocycles. The molecule has 2 fully saturated rings. The van der Waals surface area contributed by atoms with Crippen LogP contribution in [0.4, 0.5) is 0 Å². The van der Waals surface area contributed by atoms with E-state index in [0.717, 1.165) is 58.7 Å². The minimum absolute atomic E-state index is 0.475. The van der Waals surface area contributed by atoms with Crippen molar-refractivity contribution >= 4 is 0 Å². The summed E-state index contributed by atoms with van der Waals surface area (Å²) in [6.07, 6.45) is 5.62. The van der Waals surface area contributed by atoms with Gasteiger partial charge in [-0.25, -0.2) is 0 Å². The van der Waals surface area contributed by atoms with Crippen molar-refractivity contribution in [2.45, 2.75) is 44.8 Å². The Kier molecular flexibility index (Phi) is 6.41. The number of piperidine rings is 1. The Morgan fingerprint density at radius 2 is 2.11 bits per heavy atom. The van der Waals surface area contributed by atoms with Crippen molar-refractivity contribution in [1.29, 1.82) is 0 Å². The van der Waals surface area contributed by atoms with Gasteiger partial charge in [-0.15, -0.1) is 0 Å². The molecule has 0 saturated carbocycles. The molecule has 0 spiro atoms. The van der Waals surface area contributed by atoms with E-state index in [4.69, 9.17) is 9.47 Å². The fourth-order valence-electron chi connectivity index (χ4n) is 2.92. The first kappa shape index (κ1) is 14.3. The van der Waals surface area contributed by atoms with E-state index in [9.17, 15) is 0 Å². The predicted octanol–water partition coefficient (Wildman–Crippen LogP) is 1.16. The van der Waals surface area contributed by atoms with Crippen LogP contribution in [-0.2, 0) is 9.47 Å². The van der Waals surface area contributed by atoms with Crippen LogP contribution in [0.15, 0.2) is 0 Å². The van der Waals surface area contributed by atoms with Crippen molar-refractivity contribution in [3.63, 3.8) is 0 Å². The molecule has 2 N–H and O–H groups in total. The minimum atomic E-state index is 0.475. The SMILES string of the molecule is CCC1OCCC1CNCCOC1CCNCC1. The van der Waals surface area contributed by atoms with E-state index in [2.05, 4.69) is 17.6 Å². The second kappa shape index (κ2) is 8.10. The van der Waals surface area contributed by atoms with Crippen LogP contribution >= 0.6 is 0 Å². The zero-order chi connectivity index (χ0) is 12.6. The lowest BCUT2D eigenvalue weighted by Gasteiger charge is -2.23. The molecule has 2 heterocycles. The van der Waals surface area contributed by atoms with Gasteiger partial charge in [0.15, 0.2) is 0 Å². The summed E-state index contributed by atoms with van der Waals surface area (Å²) < 4.78 is 11.6. The van der Waals surface area contributed by atoms with Crippen LogP contribution in [0.2, 0.25) is 0 Å². The van der Waals surface area contributed by atoms with Gasteiger partial charge >= 0.3 is 0 Å². The van der Waals surface area contributed by atoms with Gasteiger partial charge in [0, 0.05) is 19.7 Å². The zero-order valence-electron chi connectivity index (χ0n) is 11.6. The van der Waals surface area contributed by atoms with Crippen LogP contribution in [0.25, 0.3) is 0 Å². The number of nitrogens with one attached hydrogen (secondary N) is 2. The van der Waals surface area contributed by atoms with Crippen molar-refractivity contribution in [2.75, 3.05) is 39.4 Å². The Hall–Kier alpha value is -0.160. The standard InChI is InChI=1S/C14H28N2O2/c1-2-14-12(5-9-18-14)11-16-8-10-17-13-3-6-15-7-4-13/h12-16H,2-11H2,1H3. The molecule has 4 nitrogen and oxygen atoms in total. The van der Waals surface area contributed by atoms with Crippen molar-refractivity contribution in [2.24, 2.45) is 5.92 Å². The van der Waals surface area contributed by atoms with E-state index in [1.165, 1.54) is 6.42 Å². The average Bonchev–Trinajstić information content (AvgIpc) is 2.87. The topological polar surface area (TPSA) is 42.5 Å². The molecule has 2 atom stereocenters. The first-order valence-electron chi connectivity index (χ1n) is 7.54. The maximum Gasteiger partial charge on any atom is 0.0613 e. The molecule has 2 rings (SSSR count). The molecule has 2 unspecified atom stereocenters. The molecule has 2 saturated heterocycles. The Balaban J connectivity index is 1.48. The van der Waals surface area contributed by atoms with Crippen molar-refractivity contribution in [3.05, 3.63) is 0 Å². The molecule has 0 bridgehead atoms. The maximum absolute atomic E-state index is 5.87. The van der Waals surface area contributed by atoms with Crippen LogP contribution in [-0.4, -0.2) is 51.6 Å². The van der Waals surface area contributed by atoms with Gasteiger partial charge in [0.1, 0.15) is 0 Å². The van der Waals surface area contributed by atoms with Gasteiger partial charge in [0.05, 0.1) is 18.8 Å². The minimum Gasteiger partial charge on any atom is -0.378 e. The number of hydrogen-bond donors (Lipinski definition) is 2. The van der Waals surface area contributed by atoms with E-state index in [0.29, 0.717) is 18.1 Å². The molecule has 0 aromatic rings. The molecule has 0 aromatic heterocycles. The van der Waals surface area contributed by atoms with Gasteiger partial charge in [-0.05, 0) is 44.7 Å². The highest BCUT2D eigenvalue weighted by Gasteiger charge is 2.25. The largest absolute Gasteiger partial charge is 0.378 e. The van der Waals surface area contributed by atoms with Crippen molar-refractivity contribution < 1.29 is 9.47 Å². The van der Waals surface area contributed by atoms with Crippen LogP contribution in [0, 0.1) is 5.92 Å². The summed E-state index contributed by atoms with van der Waals surface area (Å²) in [6.45, 7) is 8.25. The first-order valence-corrected chi connectivity index (χ1v) is 7.54. The van der Waals surface area contributed by atoms with Gasteiger partial charge in [-0.3, -0.25) is 0 Å². The van der Waals surface area contributed by atoms with Crippen LogP contribution in [0.5, 0.6) is 0 Å².